The van der Waals surface area contributed by atoms with Gasteiger partial charge in [0.15, 0.2) is 10.3 Å². The first kappa shape index (κ1) is 21.6. The zero-order valence-electron chi connectivity index (χ0n) is 10.5. The molecule has 0 heterocycles. The molecule has 0 amide bonds. The Labute approximate surface area is 149 Å². The quantitative estimate of drug-likeness (QED) is 0.286. The van der Waals surface area contributed by atoms with Gasteiger partial charge in [-0.05, 0) is 0 Å². The first-order valence-electron chi connectivity index (χ1n) is 5.07. The van der Waals surface area contributed by atoms with Crippen LogP contribution in [0.4, 0.5) is 0 Å². The maximum absolute atomic E-state index is 10.7. The van der Waals surface area contributed by atoms with Crippen LogP contribution in [0.5, 0.6) is 0 Å². The van der Waals surface area contributed by atoms with E-state index >= 15 is 0 Å². The van der Waals surface area contributed by atoms with Crippen molar-refractivity contribution in [3.8, 4) is 0 Å². The normalized spacial score (nSPS) is 15.2. The molecule has 0 aliphatic carbocycles. The monoisotopic (exact) mass is 311 g/mol. The summed E-state index contributed by atoms with van der Waals surface area (Å²) in [7, 11) is -4.58. The standard InChI is InChI=1S/C8H19NO7S.K/c1-2-9(17(13,14)15)3-7(11)5-16-6-8(12)4-10;/h7-8,10-12H,2-6H2,1H3,(H,13,14,15);/q;+1/p-1. The molecule has 8 nitrogen and oxygen atoms in total. The van der Waals surface area contributed by atoms with Crippen LogP contribution in [0.25, 0.3) is 0 Å². The minimum Gasteiger partial charge on any atom is -0.735 e. The summed E-state index contributed by atoms with van der Waals surface area (Å²) in [6.07, 6.45) is -2.21. The second-order valence-electron chi connectivity index (χ2n) is 3.44. The minimum atomic E-state index is -4.58. The van der Waals surface area contributed by atoms with Gasteiger partial charge >= 0.3 is 51.4 Å². The van der Waals surface area contributed by atoms with Crippen molar-refractivity contribution in [3.63, 3.8) is 0 Å². The number of rotatable bonds is 9. The van der Waals surface area contributed by atoms with Crippen LogP contribution in [0.1, 0.15) is 6.92 Å². The third-order valence-corrected chi connectivity index (χ3v) is 2.95. The van der Waals surface area contributed by atoms with E-state index in [1.807, 2.05) is 0 Å². The summed E-state index contributed by atoms with van der Waals surface area (Å²) in [5, 5.41) is 26.8. The Bertz CT molecular complexity index is 300. The number of likely N-dealkylation sites (N-methyl/N-ethyl adjacent to an activating group) is 1. The summed E-state index contributed by atoms with van der Waals surface area (Å²) < 4.78 is 37.4. The van der Waals surface area contributed by atoms with Gasteiger partial charge in [0.2, 0.25) is 0 Å². The van der Waals surface area contributed by atoms with Gasteiger partial charge in [0.05, 0.1) is 25.9 Å². The first-order valence-corrected chi connectivity index (χ1v) is 6.43. The Morgan fingerprint density at radius 3 is 2.17 bits per heavy atom. The van der Waals surface area contributed by atoms with Crippen LogP contribution in [0.3, 0.4) is 0 Å². The molecule has 0 fully saturated rings. The summed E-state index contributed by atoms with van der Waals surface area (Å²) in [4.78, 5) is 0. The van der Waals surface area contributed by atoms with E-state index < -0.39 is 29.1 Å². The Morgan fingerprint density at radius 1 is 1.28 bits per heavy atom. The molecule has 0 rings (SSSR count). The third kappa shape index (κ3) is 10.2. The van der Waals surface area contributed by atoms with Crippen LogP contribution < -0.4 is 51.4 Å². The van der Waals surface area contributed by atoms with Crippen LogP contribution in [0.2, 0.25) is 0 Å². The maximum Gasteiger partial charge on any atom is 1.00 e. The van der Waals surface area contributed by atoms with Crippen molar-refractivity contribution in [2.24, 2.45) is 0 Å². The molecule has 0 aromatic carbocycles. The van der Waals surface area contributed by atoms with E-state index in [0.29, 0.717) is 4.31 Å². The third-order valence-electron chi connectivity index (χ3n) is 1.91. The van der Waals surface area contributed by atoms with E-state index in [1.54, 1.807) is 0 Å². The van der Waals surface area contributed by atoms with Crippen molar-refractivity contribution >= 4 is 10.3 Å². The molecule has 0 aromatic heterocycles. The molecule has 0 bridgehead atoms. The summed E-state index contributed by atoms with van der Waals surface area (Å²) in [5.41, 5.74) is 0. The molecule has 3 N–H and O–H groups in total. The summed E-state index contributed by atoms with van der Waals surface area (Å²) in [6.45, 7) is 0.192. The van der Waals surface area contributed by atoms with E-state index in [4.69, 9.17) is 14.9 Å². The van der Waals surface area contributed by atoms with Gasteiger partial charge in [0.1, 0.15) is 6.10 Å². The molecular weight excluding hydrogens is 293 g/mol. The number of aliphatic hydroxyl groups excluding tert-OH is 3. The first-order chi connectivity index (χ1) is 7.81. The Hall–Kier alpha value is 1.35. The van der Waals surface area contributed by atoms with Gasteiger partial charge in [-0.3, -0.25) is 0 Å². The Morgan fingerprint density at radius 2 is 1.78 bits per heavy atom. The summed E-state index contributed by atoms with van der Waals surface area (Å²) in [6, 6.07) is 0. The number of nitrogens with zero attached hydrogens (tertiary/aromatic N) is 1. The molecule has 104 valence electrons. The topological polar surface area (TPSA) is 130 Å². The SMILES string of the molecule is CCN(CC(O)COCC(O)CO)S(=O)(=O)[O-].[K+]. The number of hydrogen-bond acceptors (Lipinski definition) is 7. The molecule has 0 saturated heterocycles. The van der Waals surface area contributed by atoms with Crippen LogP contribution >= 0.6 is 0 Å². The second-order valence-corrected chi connectivity index (χ2v) is 4.81. The van der Waals surface area contributed by atoms with Gasteiger partial charge < -0.3 is 24.6 Å². The summed E-state index contributed by atoms with van der Waals surface area (Å²) in [5.74, 6) is 0. The number of ether oxygens (including phenoxy) is 1. The van der Waals surface area contributed by atoms with Crippen LogP contribution in [0.15, 0.2) is 0 Å². The molecular formula is C8H18KNO7S. The average molecular weight is 311 g/mol. The van der Waals surface area contributed by atoms with Crippen molar-refractivity contribution in [1.29, 1.82) is 0 Å². The van der Waals surface area contributed by atoms with Gasteiger partial charge in [-0.25, -0.2) is 12.7 Å². The van der Waals surface area contributed by atoms with E-state index in [9.17, 15) is 18.1 Å². The van der Waals surface area contributed by atoms with E-state index in [1.165, 1.54) is 6.92 Å². The van der Waals surface area contributed by atoms with Crippen molar-refractivity contribution in [1.82, 2.24) is 4.31 Å². The van der Waals surface area contributed by atoms with Gasteiger partial charge in [-0.15, -0.1) is 0 Å². The van der Waals surface area contributed by atoms with E-state index in [0.717, 1.165) is 0 Å². The molecule has 18 heavy (non-hydrogen) atoms. The fourth-order valence-corrected chi connectivity index (χ4v) is 1.73. The smallest absolute Gasteiger partial charge is 0.735 e. The van der Waals surface area contributed by atoms with Crippen molar-refractivity contribution < 1.29 is 84.4 Å². The van der Waals surface area contributed by atoms with Crippen molar-refractivity contribution in [3.05, 3.63) is 0 Å². The molecule has 0 aliphatic heterocycles. The molecule has 2 atom stereocenters. The molecule has 0 aromatic rings. The predicted octanol–water partition coefficient (Wildman–Crippen LogP) is -5.50. The fraction of sp³-hybridized carbons (Fsp3) is 1.00. The second kappa shape index (κ2) is 11.1. The van der Waals surface area contributed by atoms with Crippen LogP contribution in [-0.2, 0) is 15.0 Å². The molecule has 0 aliphatic rings. The molecule has 2 unspecified atom stereocenters. The van der Waals surface area contributed by atoms with Gasteiger partial charge in [-0.1, -0.05) is 6.92 Å². The molecule has 0 spiro atoms. The van der Waals surface area contributed by atoms with Gasteiger partial charge in [0.25, 0.3) is 0 Å². The average Bonchev–Trinajstić information content (AvgIpc) is 2.23. The Balaban J connectivity index is 0. The van der Waals surface area contributed by atoms with Crippen molar-refractivity contribution in [2.75, 3.05) is 32.9 Å². The fourth-order valence-electron chi connectivity index (χ4n) is 1.06. The Kier molecular flexibility index (Phi) is 13.3. The minimum absolute atomic E-state index is 0. The van der Waals surface area contributed by atoms with Gasteiger partial charge in [0, 0.05) is 13.1 Å². The molecule has 10 heteroatoms. The zero-order valence-corrected chi connectivity index (χ0v) is 14.5. The van der Waals surface area contributed by atoms with Crippen molar-refractivity contribution in [2.45, 2.75) is 19.1 Å². The van der Waals surface area contributed by atoms with Crippen LogP contribution in [0, 0.1) is 0 Å². The van der Waals surface area contributed by atoms with Gasteiger partial charge in [-0.2, -0.15) is 0 Å². The maximum atomic E-state index is 10.7. The molecule has 0 radical (unpaired) electrons. The largest absolute Gasteiger partial charge is 1.00 e. The number of hydrogen-bond donors (Lipinski definition) is 3. The van der Waals surface area contributed by atoms with E-state index in [2.05, 4.69) is 0 Å². The molecule has 0 saturated carbocycles. The predicted molar refractivity (Wildman–Crippen MR) is 56.9 cm³/mol. The van der Waals surface area contributed by atoms with E-state index in [-0.39, 0.29) is 77.7 Å². The zero-order chi connectivity index (χ0) is 13.5. The number of aliphatic hydroxyl groups is 3. The summed E-state index contributed by atoms with van der Waals surface area (Å²) >= 11 is 0. The van der Waals surface area contributed by atoms with Crippen LogP contribution in [-0.4, -0.2) is 77.7 Å².